The summed E-state index contributed by atoms with van der Waals surface area (Å²) < 4.78 is 14.6. The van der Waals surface area contributed by atoms with E-state index in [0.717, 1.165) is 23.4 Å². The van der Waals surface area contributed by atoms with Gasteiger partial charge in [0.05, 0.1) is 5.69 Å². The van der Waals surface area contributed by atoms with Gasteiger partial charge in [0.2, 0.25) is 5.88 Å². The first kappa shape index (κ1) is 14.8. The summed E-state index contributed by atoms with van der Waals surface area (Å²) in [7, 11) is 0. The van der Waals surface area contributed by atoms with Gasteiger partial charge in [0, 0.05) is 30.8 Å². The maximum Gasteiger partial charge on any atom is 0.219 e. The van der Waals surface area contributed by atoms with Gasteiger partial charge in [-0.2, -0.15) is 9.78 Å². The molecule has 0 radical (unpaired) electrons. The molecule has 0 aliphatic carbocycles. The Morgan fingerprint density at radius 2 is 2.04 bits per heavy atom. The Bertz CT molecular complexity index is 845. The molecule has 4 rings (SSSR count). The van der Waals surface area contributed by atoms with Crippen molar-refractivity contribution in [3.05, 3.63) is 71.3 Å². The lowest BCUT2D eigenvalue weighted by molar-refractivity contribution is 0.417. The highest BCUT2D eigenvalue weighted by molar-refractivity contribution is 5.42. The molecule has 3 aromatic rings. The Morgan fingerprint density at radius 3 is 2.79 bits per heavy atom. The number of aromatic nitrogens is 3. The molecular weight excluding hydrogens is 307 g/mol. The fourth-order valence-electron chi connectivity index (χ4n) is 3.20. The van der Waals surface area contributed by atoms with E-state index < -0.39 is 0 Å². The topological polar surface area (TPSA) is 63.0 Å². The van der Waals surface area contributed by atoms with Gasteiger partial charge in [-0.05, 0) is 36.2 Å². The summed E-state index contributed by atoms with van der Waals surface area (Å²) in [6.07, 6.45) is 2.38. The highest BCUT2D eigenvalue weighted by Crippen LogP contribution is 2.35. The molecule has 1 atom stereocenters. The Hall–Kier alpha value is -2.73. The highest BCUT2D eigenvalue weighted by atomic mass is 19.1. The minimum Gasteiger partial charge on any atom is -0.493 e. The number of pyridine rings is 1. The van der Waals surface area contributed by atoms with Gasteiger partial charge in [-0.15, -0.1) is 0 Å². The second-order valence-electron chi connectivity index (χ2n) is 5.94. The minimum absolute atomic E-state index is 0.0803. The lowest BCUT2D eigenvalue weighted by atomic mass is 9.89. The van der Waals surface area contributed by atoms with E-state index in [-0.39, 0.29) is 17.6 Å². The largest absolute Gasteiger partial charge is 0.493 e. The Labute approximate surface area is 138 Å². The lowest BCUT2D eigenvalue weighted by Crippen LogP contribution is -2.28. The Morgan fingerprint density at radius 1 is 1.21 bits per heavy atom. The van der Waals surface area contributed by atoms with Gasteiger partial charge in [-0.1, -0.05) is 18.2 Å². The second-order valence-corrected chi connectivity index (χ2v) is 5.94. The van der Waals surface area contributed by atoms with E-state index in [4.69, 9.17) is 0 Å². The van der Waals surface area contributed by atoms with Crippen LogP contribution in [0.4, 0.5) is 4.39 Å². The van der Waals surface area contributed by atoms with Crippen LogP contribution in [0, 0.1) is 5.82 Å². The number of aromatic hydroxyl groups is 1. The first-order valence-electron chi connectivity index (χ1n) is 7.89. The van der Waals surface area contributed by atoms with E-state index in [9.17, 15) is 9.50 Å². The summed E-state index contributed by atoms with van der Waals surface area (Å²) in [6.45, 7) is 1.36. The number of hydrogen-bond acceptors (Lipinski definition) is 4. The summed E-state index contributed by atoms with van der Waals surface area (Å²) in [4.78, 5) is 4.25. The molecule has 2 N–H and O–H groups in total. The van der Waals surface area contributed by atoms with Crippen LogP contribution in [0.5, 0.6) is 5.88 Å². The molecule has 0 spiro atoms. The summed E-state index contributed by atoms with van der Waals surface area (Å²) in [5, 5.41) is 18.5. The quantitative estimate of drug-likeness (QED) is 0.777. The average Bonchev–Trinajstić information content (AvgIpc) is 2.96. The lowest BCUT2D eigenvalue weighted by Gasteiger charge is -2.22. The van der Waals surface area contributed by atoms with Crippen molar-refractivity contribution in [1.29, 1.82) is 0 Å². The number of halogens is 1. The number of rotatable bonds is 3. The summed E-state index contributed by atoms with van der Waals surface area (Å²) in [5.74, 6) is 0.561. The van der Waals surface area contributed by atoms with E-state index >= 15 is 0 Å². The highest BCUT2D eigenvalue weighted by Gasteiger charge is 2.29. The van der Waals surface area contributed by atoms with Crippen molar-refractivity contribution in [2.75, 3.05) is 6.54 Å². The molecule has 6 heteroatoms. The normalized spacial score (nSPS) is 16.8. The molecule has 1 unspecified atom stereocenters. The molecule has 3 heterocycles. The van der Waals surface area contributed by atoms with Gasteiger partial charge in [0.25, 0.3) is 0 Å². The Kier molecular flexibility index (Phi) is 3.74. The molecule has 0 bridgehead atoms. The van der Waals surface area contributed by atoms with E-state index in [2.05, 4.69) is 15.4 Å². The molecule has 24 heavy (non-hydrogen) atoms. The van der Waals surface area contributed by atoms with Crippen LogP contribution in [0.1, 0.15) is 22.7 Å². The van der Waals surface area contributed by atoms with Crippen molar-refractivity contribution in [2.24, 2.45) is 0 Å². The van der Waals surface area contributed by atoms with Gasteiger partial charge >= 0.3 is 0 Å². The van der Waals surface area contributed by atoms with Crippen LogP contribution >= 0.6 is 0 Å². The van der Waals surface area contributed by atoms with Gasteiger partial charge in [0.1, 0.15) is 5.82 Å². The molecule has 1 aromatic carbocycles. The van der Waals surface area contributed by atoms with Crippen molar-refractivity contribution < 1.29 is 9.50 Å². The van der Waals surface area contributed by atoms with Crippen LogP contribution in [0.15, 0.2) is 48.7 Å². The van der Waals surface area contributed by atoms with Gasteiger partial charge in [-0.25, -0.2) is 9.37 Å². The van der Waals surface area contributed by atoms with E-state index in [1.54, 1.807) is 24.4 Å². The molecule has 0 fully saturated rings. The van der Waals surface area contributed by atoms with E-state index in [1.165, 1.54) is 16.8 Å². The maximum absolute atomic E-state index is 13.1. The molecule has 5 nitrogen and oxygen atoms in total. The summed E-state index contributed by atoms with van der Waals surface area (Å²) >= 11 is 0. The van der Waals surface area contributed by atoms with Crippen molar-refractivity contribution >= 4 is 0 Å². The molecule has 0 saturated carbocycles. The maximum atomic E-state index is 13.1. The zero-order valence-electron chi connectivity index (χ0n) is 13.0. The smallest absolute Gasteiger partial charge is 0.219 e. The fraction of sp³-hybridized carbons (Fsp3) is 0.222. The molecule has 0 saturated heterocycles. The molecule has 2 aromatic heterocycles. The first-order chi connectivity index (χ1) is 11.7. The summed E-state index contributed by atoms with van der Waals surface area (Å²) in [6, 6.07) is 12.0. The monoisotopic (exact) mass is 324 g/mol. The number of nitrogens with one attached hydrogen (secondary N) is 1. The van der Waals surface area contributed by atoms with Gasteiger partial charge in [0.15, 0.2) is 5.82 Å². The molecular formula is C18H17FN4O. The number of benzene rings is 1. The third-order valence-corrected chi connectivity index (χ3v) is 4.33. The zero-order chi connectivity index (χ0) is 16.5. The standard InChI is InChI=1S/C18H17FN4O/c19-14-6-4-12(5-7-14)9-13-10-20-11-15-17(13)18(24)23(22-15)16-3-1-2-8-21-16/h1-8,13,20,24H,9-11H2. The molecule has 1 aliphatic heterocycles. The van der Waals surface area contributed by atoms with Gasteiger partial charge < -0.3 is 10.4 Å². The van der Waals surface area contributed by atoms with Crippen molar-refractivity contribution in [2.45, 2.75) is 18.9 Å². The van der Waals surface area contributed by atoms with Crippen LogP contribution in [-0.4, -0.2) is 26.4 Å². The van der Waals surface area contributed by atoms with Crippen molar-refractivity contribution in [3.63, 3.8) is 0 Å². The van der Waals surface area contributed by atoms with Crippen molar-refractivity contribution in [1.82, 2.24) is 20.1 Å². The first-order valence-corrected chi connectivity index (χ1v) is 7.89. The predicted molar refractivity (Wildman–Crippen MR) is 87.6 cm³/mol. The number of fused-ring (bicyclic) bond motifs is 1. The van der Waals surface area contributed by atoms with Crippen LogP contribution in [0.25, 0.3) is 5.82 Å². The average molecular weight is 324 g/mol. The minimum atomic E-state index is -0.243. The van der Waals surface area contributed by atoms with E-state index in [1.807, 2.05) is 12.1 Å². The summed E-state index contributed by atoms with van der Waals surface area (Å²) in [5.41, 5.74) is 2.71. The fourth-order valence-corrected chi connectivity index (χ4v) is 3.20. The van der Waals surface area contributed by atoms with E-state index in [0.29, 0.717) is 18.8 Å². The SMILES string of the molecule is Oc1c2c(nn1-c1ccccn1)CNCC2Cc1ccc(F)cc1. The van der Waals surface area contributed by atoms with Crippen LogP contribution in [0.3, 0.4) is 0 Å². The van der Waals surface area contributed by atoms with Crippen LogP contribution < -0.4 is 5.32 Å². The van der Waals surface area contributed by atoms with Crippen molar-refractivity contribution in [3.8, 4) is 11.7 Å². The third-order valence-electron chi connectivity index (χ3n) is 4.33. The zero-order valence-corrected chi connectivity index (χ0v) is 13.0. The Balaban J connectivity index is 1.69. The van der Waals surface area contributed by atoms with Crippen LogP contribution in [0.2, 0.25) is 0 Å². The molecule has 122 valence electrons. The number of hydrogen-bond donors (Lipinski definition) is 2. The predicted octanol–water partition coefficient (Wildman–Crippen LogP) is 2.54. The molecule has 1 aliphatic rings. The van der Waals surface area contributed by atoms with Gasteiger partial charge in [-0.3, -0.25) is 0 Å². The molecule has 0 amide bonds. The van der Waals surface area contributed by atoms with Crippen LogP contribution in [-0.2, 0) is 13.0 Å². The number of nitrogens with zero attached hydrogens (tertiary/aromatic N) is 3. The second kappa shape index (κ2) is 6.05. The third kappa shape index (κ3) is 2.65.